The van der Waals surface area contributed by atoms with Crippen LogP contribution in [0.4, 0.5) is 0 Å². The maximum absolute atomic E-state index is 12.8. The highest BCUT2D eigenvalue weighted by Crippen LogP contribution is 2.16. The lowest BCUT2D eigenvalue weighted by molar-refractivity contribution is -0.123. The number of carboxylic acid groups (broad SMARTS) is 1. The first kappa shape index (κ1) is 19.2. The minimum Gasteiger partial charge on any atom is -0.478 e. The van der Waals surface area contributed by atoms with Gasteiger partial charge in [0, 0.05) is 37.9 Å². The number of carboxylic acids is 1. The molecule has 0 saturated carbocycles. The Hall–Kier alpha value is -3.58. The molecule has 0 fully saturated rings. The van der Waals surface area contributed by atoms with Crippen molar-refractivity contribution < 1.29 is 14.7 Å². The summed E-state index contributed by atoms with van der Waals surface area (Å²) in [4.78, 5) is 32.0. The summed E-state index contributed by atoms with van der Waals surface area (Å²) in [5, 5.41) is 15.2. The quantitative estimate of drug-likeness (QED) is 0.557. The second-order valence-corrected chi connectivity index (χ2v) is 6.18. The first-order valence-corrected chi connectivity index (χ1v) is 8.75. The predicted octanol–water partition coefficient (Wildman–Crippen LogP) is 2.32. The summed E-state index contributed by atoms with van der Waals surface area (Å²) in [7, 11) is 0. The van der Waals surface area contributed by atoms with Gasteiger partial charge in [-0.15, -0.1) is 0 Å². The molecule has 0 aliphatic rings. The highest BCUT2D eigenvalue weighted by atomic mass is 16.4. The van der Waals surface area contributed by atoms with Crippen LogP contribution in [0.3, 0.4) is 0 Å². The first-order chi connectivity index (χ1) is 13.6. The van der Waals surface area contributed by atoms with Crippen molar-refractivity contribution in [1.29, 1.82) is 0 Å². The van der Waals surface area contributed by atoms with E-state index in [-0.39, 0.29) is 11.5 Å². The van der Waals surface area contributed by atoms with Crippen LogP contribution in [0.25, 0.3) is 0 Å². The Morgan fingerprint density at radius 2 is 1.50 bits per heavy atom. The normalized spacial score (nSPS) is 11.6. The number of pyridine rings is 2. The van der Waals surface area contributed by atoms with E-state index in [9.17, 15) is 9.59 Å². The molecule has 0 saturated heterocycles. The van der Waals surface area contributed by atoms with Crippen LogP contribution in [-0.2, 0) is 17.9 Å². The summed E-state index contributed by atoms with van der Waals surface area (Å²) in [5.74, 6) is -1.22. The molecule has 142 valence electrons. The molecule has 0 aliphatic heterocycles. The Morgan fingerprint density at radius 1 is 0.893 bits per heavy atom. The molecule has 1 amide bonds. The maximum atomic E-state index is 12.8. The van der Waals surface area contributed by atoms with Crippen molar-refractivity contribution >= 4 is 11.9 Å². The molecular weight excluding hydrogens is 356 g/mol. The van der Waals surface area contributed by atoms with E-state index >= 15 is 0 Å². The Balaban J connectivity index is 1.74. The van der Waals surface area contributed by atoms with Crippen molar-refractivity contribution in [1.82, 2.24) is 20.6 Å². The number of aromatic carboxylic acids is 1. The second-order valence-electron chi connectivity index (χ2n) is 6.18. The molecule has 7 heteroatoms. The molecule has 0 aliphatic carbocycles. The number of aromatic nitrogens is 2. The Bertz CT molecular complexity index is 915. The third kappa shape index (κ3) is 5.21. The van der Waals surface area contributed by atoms with Crippen LogP contribution in [0, 0.1) is 0 Å². The van der Waals surface area contributed by atoms with Gasteiger partial charge in [-0.3, -0.25) is 20.1 Å². The van der Waals surface area contributed by atoms with Gasteiger partial charge in [-0.25, -0.2) is 4.79 Å². The van der Waals surface area contributed by atoms with Crippen molar-refractivity contribution in [3.05, 3.63) is 95.6 Å². The van der Waals surface area contributed by atoms with E-state index in [4.69, 9.17) is 5.11 Å². The molecule has 3 aromatic rings. The van der Waals surface area contributed by atoms with E-state index in [1.807, 2.05) is 24.3 Å². The summed E-state index contributed by atoms with van der Waals surface area (Å²) in [6.07, 6.45) is 6.78. The lowest BCUT2D eigenvalue weighted by atomic mass is 10.0. The van der Waals surface area contributed by atoms with Crippen molar-refractivity contribution in [3.8, 4) is 0 Å². The van der Waals surface area contributed by atoms with Crippen molar-refractivity contribution in [2.24, 2.45) is 0 Å². The van der Waals surface area contributed by atoms with Crippen LogP contribution in [-0.4, -0.2) is 27.0 Å². The van der Waals surface area contributed by atoms with Gasteiger partial charge in [-0.1, -0.05) is 24.3 Å². The van der Waals surface area contributed by atoms with E-state index in [0.29, 0.717) is 18.7 Å². The van der Waals surface area contributed by atoms with Crippen molar-refractivity contribution in [2.45, 2.75) is 19.1 Å². The van der Waals surface area contributed by atoms with Crippen molar-refractivity contribution in [3.63, 3.8) is 0 Å². The zero-order valence-electron chi connectivity index (χ0n) is 15.1. The summed E-state index contributed by atoms with van der Waals surface area (Å²) in [6, 6.07) is 13.1. The molecule has 2 aromatic heterocycles. The third-order valence-corrected chi connectivity index (χ3v) is 4.18. The number of rotatable bonds is 8. The smallest absolute Gasteiger partial charge is 0.335 e. The fourth-order valence-corrected chi connectivity index (χ4v) is 2.70. The molecule has 1 atom stereocenters. The van der Waals surface area contributed by atoms with Gasteiger partial charge < -0.3 is 10.4 Å². The monoisotopic (exact) mass is 376 g/mol. The second kappa shape index (κ2) is 9.38. The summed E-state index contributed by atoms with van der Waals surface area (Å²) in [6.45, 7) is 0.796. The van der Waals surface area contributed by atoms with Crippen LogP contribution in [0.1, 0.15) is 33.1 Å². The van der Waals surface area contributed by atoms with Crippen LogP contribution < -0.4 is 10.6 Å². The van der Waals surface area contributed by atoms with Gasteiger partial charge in [0.25, 0.3) is 0 Å². The third-order valence-electron chi connectivity index (χ3n) is 4.18. The molecule has 28 heavy (non-hydrogen) atoms. The van der Waals surface area contributed by atoms with Crippen LogP contribution >= 0.6 is 0 Å². The van der Waals surface area contributed by atoms with Crippen LogP contribution in [0.5, 0.6) is 0 Å². The first-order valence-electron chi connectivity index (χ1n) is 8.75. The van der Waals surface area contributed by atoms with E-state index in [0.717, 1.165) is 11.1 Å². The summed E-state index contributed by atoms with van der Waals surface area (Å²) in [5.41, 5.74) is 2.68. The fraction of sp³-hybridized carbons (Fsp3) is 0.143. The fourth-order valence-electron chi connectivity index (χ4n) is 2.70. The number of hydrogen-bond acceptors (Lipinski definition) is 5. The van der Waals surface area contributed by atoms with E-state index in [1.54, 1.807) is 36.9 Å². The lowest BCUT2D eigenvalue weighted by Gasteiger charge is -2.19. The van der Waals surface area contributed by atoms with Gasteiger partial charge in [-0.2, -0.15) is 0 Å². The van der Waals surface area contributed by atoms with E-state index in [1.165, 1.54) is 12.1 Å². The zero-order chi connectivity index (χ0) is 19.8. The molecule has 0 bridgehead atoms. The van der Waals surface area contributed by atoms with E-state index in [2.05, 4.69) is 20.6 Å². The topological polar surface area (TPSA) is 104 Å². The number of carbonyl (C=O) groups is 2. The Labute approximate surface area is 162 Å². The summed E-state index contributed by atoms with van der Waals surface area (Å²) >= 11 is 0. The lowest BCUT2D eigenvalue weighted by Crippen LogP contribution is -2.37. The van der Waals surface area contributed by atoms with Crippen LogP contribution in [0.2, 0.25) is 0 Å². The van der Waals surface area contributed by atoms with Crippen molar-refractivity contribution in [2.75, 3.05) is 0 Å². The molecule has 7 nitrogen and oxygen atoms in total. The van der Waals surface area contributed by atoms with Gasteiger partial charge in [0.15, 0.2) is 0 Å². The number of benzene rings is 1. The average Bonchev–Trinajstić information content (AvgIpc) is 2.74. The minimum atomic E-state index is -1.01. The van der Waals surface area contributed by atoms with Crippen LogP contribution in [0.15, 0.2) is 73.3 Å². The largest absolute Gasteiger partial charge is 0.478 e. The Kier molecular flexibility index (Phi) is 6.43. The van der Waals surface area contributed by atoms with Gasteiger partial charge in [-0.05, 0) is 41.0 Å². The number of carbonyl (C=O) groups excluding carboxylic acids is 1. The maximum Gasteiger partial charge on any atom is 0.335 e. The Morgan fingerprint density at radius 3 is 2.04 bits per heavy atom. The van der Waals surface area contributed by atoms with Gasteiger partial charge in [0.1, 0.15) is 6.04 Å². The van der Waals surface area contributed by atoms with Gasteiger partial charge in [0.2, 0.25) is 5.91 Å². The van der Waals surface area contributed by atoms with Gasteiger partial charge in [0.05, 0.1) is 5.56 Å². The highest BCUT2D eigenvalue weighted by Gasteiger charge is 2.20. The number of nitrogens with zero attached hydrogens (tertiary/aromatic N) is 2. The number of hydrogen-bond donors (Lipinski definition) is 3. The van der Waals surface area contributed by atoms with Gasteiger partial charge >= 0.3 is 5.97 Å². The average molecular weight is 376 g/mol. The molecule has 0 radical (unpaired) electrons. The molecule has 3 rings (SSSR count). The molecular formula is C21H20N4O3. The van der Waals surface area contributed by atoms with E-state index < -0.39 is 12.0 Å². The number of amides is 1. The number of nitrogens with one attached hydrogen (secondary N) is 2. The minimum absolute atomic E-state index is 0.172. The standard InChI is InChI=1S/C21H20N4O3/c26-20(25-14-16-4-2-10-23-12-16)19(24-13-15-3-1-9-22-11-15)17-5-7-18(8-6-17)21(27)28/h1-12,19,24H,13-14H2,(H,25,26)(H,27,28). The SMILES string of the molecule is O=C(O)c1ccc(C(NCc2cccnc2)C(=O)NCc2cccnc2)cc1. The zero-order valence-corrected chi connectivity index (χ0v) is 15.1. The highest BCUT2D eigenvalue weighted by molar-refractivity contribution is 5.88. The molecule has 0 spiro atoms. The molecule has 3 N–H and O–H groups in total. The predicted molar refractivity (Wildman–Crippen MR) is 103 cm³/mol. The molecule has 1 unspecified atom stereocenters. The molecule has 1 aromatic carbocycles. The molecule has 2 heterocycles. The summed E-state index contributed by atoms with van der Waals surface area (Å²) < 4.78 is 0.